The Balaban J connectivity index is 0.00000676. The zero-order chi connectivity index (χ0) is 20.3. The van der Waals surface area contributed by atoms with Crippen LogP contribution in [0.25, 0.3) is 0 Å². The van der Waals surface area contributed by atoms with Gasteiger partial charge in [0, 0.05) is 18.0 Å². The summed E-state index contributed by atoms with van der Waals surface area (Å²) in [5.74, 6) is -7.07. The van der Waals surface area contributed by atoms with Gasteiger partial charge in [0.15, 0.2) is 11.5 Å². The molecule has 1 aromatic rings. The molecule has 0 saturated heterocycles. The number of hydrogen-bond acceptors (Lipinski definition) is 4. The van der Waals surface area contributed by atoms with Crippen molar-refractivity contribution in [3.63, 3.8) is 0 Å². The predicted molar refractivity (Wildman–Crippen MR) is 69.5 cm³/mol. The van der Waals surface area contributed by atoms with E-state index in [1.807, 2.05) is 0 Å². The van der Waals surface area contributed by atoms with Crippen molar-refractivity contribution < 1.29 is 73.3 Å². The van der Waals surface area contributed by atoms with Gasteiger partial charge in [-0.2, -0.15) is 26.3 Å². The van der Waals surface area contributed by atoms with Crippen molar-refractivity contribution in [3.8, 4) is 0 Å². The van der Waals surface area contributed by atoms with E-state index in [1.165, 1.54) is 18.2 Å². The van der Waals surface area contributed by atoms with Gasteiger partial charge >= 0.3 is 40.7 Å². The number of nitrogens with one attached hydrogen (secondary N) is 1. The van der Waals surface area contributed by atoms with Gasteiger partial charge in [0.2, 0.25) is 0 Å². The number of carboxylic acids is 2. The van der Waals surface area contributed by atoms with Crippen molar-refractivity contribution in [2.45, 2.75) is 24.8 Å². The third kappa shape index (κ3) is 5.23. The molecule has 1 amide bonds. The minimum Gasteiger partial charge on any atom is -0.550 e. The number of carbonyl (C=O) groups excluding carboxylic acids is 2. The molecule has 0 aliphatic rings. The molecule has 0 aliphatic carbocycles. The van der Waals surface area contributed by atoms with Gasteiger partial charge in [-0.15, -0.1) is 0 Å². The van der Waals surface area contributed by atoms with Gasteiger partial charge in [-0.25, -0.2) is 4.79 Å². The minimum atomic E-state index is -6.38. The van der Waals surface area contributed by atoms with Crippen molar-refractivity contribution in [2.75, 3.05) is 0 Å². The molecule has 1 aromatic carbocycles. The number of halogens is 6. The molecule has 0 heterocycles. The van der Waals surface area contributed by atoms with Gasteiger partial charge in [-0.1, -0.05) is 18.2 Å². The van der Waals surface area contributed by atoms with Crippen LogP contribution in [0.1, 0.15) is 16.8 Å². The first-order chi connectivity index (χ1) is 11.7. The summed E-state index contributed by atoms with van der Waals surface area (Å²) in [5.41, 5.74) is -5.72. The molecule has 1 atom stereocenters. The third-order valence-corrected chi connectivity index (χ3v) is 3.49. The van der Waals surface area contributed by atoms with Crippen LogP contribution in [-0.2, 0) is 32.0 Å². The van der Waals surface area contributed by atoms with E-state index in [4.69, 9.17) is 5.11 Å². The number of aliphatic carboxylic acids is 2. The van der Waals surface area contributed by atoms with Gasteiger partial charge in [0.1, 0.15) is 0 Å². The van der Waals surface area contributed by atoms with Crippen LogP contribution in [0.4, 0.5) is 26.3 Å². The normalized spacial score (nSPS) is 13.3. The number of benzene rings is 1. The third-order valence-electron chi connectivity index (χ3n) is 3.49. The Hall–Kier alpha value is -2.05. The summed E-state index contributed by atoms with van der Waals surface area (Å²) in [5, 5.41) is 20.6. The predicted octanol–water partition coefficient (Wildman–Crippen LogP) is 1.12. The molecule has 0 radical (unpaired) electrons. The maximum Gasteiger partial charge on any atom is 1.00 e. The Labute approximate surface area is 163 Å². The van der Waals surface area contributed by atoms with Gasteiger partial charge in [-0.05, 0) is 12.1 Å². The minimum absolute atomic E-state index is 0. The molecule has 2 N–H and O–H groups in total. The average Bonchev–Trinajstić information content (AvgIpc) is 2.48. The van der Waals surface area contributed by atoms with Gasteiger partial charge in [0.05, 0.1) is 0 Å². The van der Waals surface area contributed by atoms with Crippen LogP contribution in [0.15, 0.2) is 30.3 Å². The van der Waals surface area contributed by atoms with Crippen LogP contribution in [0, 0.1) is 5.41 Å². The molecular formula is C14H10AgF6NO5. The van der Waals surface area contributed by atoms with E-state index in [0.29, 0.717) is 0 Å². The fraction of sp³-hybridized carbons (Fsp3) is 0.357. The Bertz CT molecular complexity index is 677. The van der Waals surface area contributed by atoms with E-state index >= 15 is 0 Å². The van der Waals surface area contributed by atoms with E-state index in [2.05, 4.69) is 0 Å². The first-order valence-electron chi connectivity index (χ1n) is 6.66. The van der Waals surface area contributed by atoms with Crippen LogP contribution in [0.3, 0.4) is 0 Å². The summed E-state index contributed by atoms with van der Waals surface area (Å²) in [6, 6.07) is 2.20. The number of hydrogen-bond donors (Lipinski definition) is 2. The van der Waals surface area contributed by atoms with Crippen LogP contribution >= 0.6 is 0 Å². The summed E-state index contributed by atoms with van der Waals surface area (Å²) >= 11 is 0. The summed E-state index contributed by atoms with van der Waals surface area (Å²) in [6.45, 7) is 0. The SMILES string of the molecule is O=C([O-])CC([C@H](NC(=O)c1ccccc1)C(=O)O)(C(F)(F)F)C(F)(F)F.[Ag+]. The molecule has 0 saturated carbocycles. The van der Waals surface area contributed by atoms with Crippen LogP contribution in [0.5, 0.6) is 0 Å². The molecule has 1 rings (SSSR count). The molecule has 6 nitrogen and oxygen atoms in total. The van der Waals surface area contributed by atoms with Crippen LogP contribution in [-0.4, -0.2) is 41.3 Å². The number of rotatable bonds is 6. The monoisotopic (exact) mass is 493 g/mol. The van der Waals surface area contributed by atoms with Crippen LogP contribution in [0.2, 0.25) is 0 Å². The average molecular weight is 494 g/mol. The first-order valence-corrected chi connectivity index (χ1v) is 6.66. The second kappa shape index (κ2) is 8.76. The van der Waals surface area contributed by atoms with E-state index < -0.39 is 53.6 Å². The zero-order valence-electron chi connectivity index (χ0n) is 12.8. The topological polar surface area (TPSA) is 107 Å². The number of carboxylic acid groups (broad SMARTS) is 2. The maximum atomic E-state index is 13.3. The first kappa shape index (κ1) is 25.0. The van der Waals surface area contributed by atoms with Gasteiger partial charge in [0.25, 0.3) is 5.91 Å². The second-order valence-electron chi connectivity index (χ2n) is 5.13. The van der Waals surface area contributed by atoms with Crippen molar-refractivity contribution >= 4 is 17.8 Å². The van der Waals surface area contributed by atoms with E-state index in [0.717, 1.165) is 17.4 Å². The Morgan fingerprint density at radius 1 is 1.00 bits per heavy atom. The fourth-order valence-electron chi connectivity index (χ4n) is 2.22. The van der Waals surface area contributed by atoms with Crippen molar-refractivity contribution in [1.82, 2.24) is 5.32 Å². The number of alkyl halides is 6. The molecule has 0 aliphatic heterocycles. The molecule has 0 aromatic heterocycles. The molecule has 0 spiro atoms. The van der Waals surface area contributed by atoms with E-state index in [-0.39, 0.29) is 22.4 Å². The molecular weight excluding hydrogens is 484 g/mol. The van der Waals surface area contributed by atoms with E-state index in [1.54, 1.807) is 0 Å². The Morgan fingerprint density at radius 3 is 1.78 bits per heavy atom. The molecule has 154 valence electrons. The quantitative estimate of drug-likeness (QED) is 0.456. The molecule has 0 bridgehead atoms. The summed E-state index contributed by atoms with van der Waals surface area (Å²) in [4.78, 5) is 33.6. The number of carbonyl (C=O) groups is 3. The molecule has 27 heavy (non-hydrogen) atoms. The molecule has 0 unspecified atom stereocenters. The molecule has 13 heteroatoms. The Kier molecular flexibility index (Phi) is 8.09. The van der Waals surface area contributed by atoms with Gasteiger partial charge < -0.3 is 20.3 Å². The largest absolute Gasteiger partial charge is 1.00 e. The Morgan fingerprint density at radius 2 is 1.44 bits per heavy atom. The van der Waals surface area contributed by atoms with Crippen LogP contribution < -0.4 is 10.4 Å². The molecule has 0 fully saturated rings. The fourth-order valence-corrected chi connectivity index (χ4v) is 2.22. The van der Waals surface area contributed by atoms with Crippen molar-refractivity contribution in [3.05, 3.63) is 35.9 Å². The van der Waals surface area contributed by atoms with Crippen molar-refractivity contribution in [2.24, 2.45) is 5.41 Å². The smallest absolute Gasteiger partial charge is 0.550 e. The summed E-state index contributed by atoms with van der Waals surface area (Å²) in [7, 11) is 0. The maximum absolute atomic E-state index is 13.3. The standard InChI is InChI=1S/C14H11F6NO5.Ag/c15-13(16,17)12(6-8(22)23,14(18,19)20)9(11(25)26)21-10(24)7-4-2-1-3-5-7;/h1-5,9H,6H2,(H,21,24)(H,22,23)(H,25,26);/q;+1/p-1/t9-;/m1./s1. The second-order valence-corrected chi connectivity index (χ2v) is 5.13. The van der Waals surface area contributed by atoms with Gasteiger partial charge in [-0.3, -0.25) is 4.79 Å². The van der Waals surface area contributed by atoms with E-state index in [9.17, 15) is 45.8 Å². The summed E-state index contributed by atoms with van der Waals surface area (Å²) in [6.07, 6.45) is -15.5. The summed E-state index contributed by atoms with van der Waals surface area (Å²) < 4.78 is 79.6. The zero-order valence-corrected chi connectivity index (χ0v) is 14.3. The van der Waals surface area contributed by atoms with Crippen molar-refractivity contribution in [1.29, 1.82) is 0 Å². The number of amides is 1.